The fraction of sp³-hybridized carbons (Fsp3) is 0.200. The first-order valence-corrected chi connectivity index (χ1v) is 5.46. The van der Waals surface area contributed by atoms with Crippen LogP contribution in [0.15, 0.2) is 28.7 Å². The van der Waals surface area contributed by atoms with Crippen LogP contribution in [0.1, 0.15) is 12.8 Å². The molecule has 72 valence electrons. The van der Waals surface area contributed by atoms with Gasteiger partial charge in [0.15, 0.2) is 0 Å². The molecule has 0 radical (unpaired) electrons. The molecule has 0 N–H and O–H groups in total. The van der Waals surface area contributed by atoms with Crippen LogP contribution in [0.4, 0.5) is 0 Å². The van der Waals surface area contributed by atoms with Gasteiger partial charge in [0, 0.05) is 15.6 Å². The van der Waals surface area contributed by atoms with E-state index in [1.165, 1.54) is 0 Å². The molecule has 0 fully saturated rings. The normalized spacial score (nSPS) is 10.4. The van der Waals surface area contributed by atoms with Crippen molar-refractivity contribution in [1.29, 1.82) is 0 Å². The second-order valence-electron chi connectivity index (χ2n) is 2.86. The van der Waals surface area contributed by atoms with Crippen molar-refractivity contribution in [2.24, 2.45) is 0 Å². The van der Waals surface area contributed by atoms with E-state index in [1.807, 2.05) is 31.2 Å². The number of hydrogen-bond donors (Lipinski definition) is 0. The van der Waals surface area contributed by atoms with Gasteiger partial charge >= 0.3 is 0 Å². The molecular formula is C10H9IN2O. The van der Waals surface area contributed by atoms with Crippen LogP contribution in [-0.4, -0.2) is 10.2 Å². The van der Waals surface area contributed by atoms with Gasteiger partial charge in [-0.15, -0.1) is 10.2 Å². The summed E-state index contributed by atoms with van der Waals surface area (Å²) in [6.45, 7) is 1.99. The summed E-state index contributed by atoms with van der Waals surface area (Å²) in [4.78, 5) is 0. The van der Waals surface area contributed by atoms with E-state index in [0.717, 1.165) is 15.6 Å². The topological polar surface area (TPSA) is 38.9 Å². The first-order chi connectivity index (χ1) is 6.79. The van der Waals surface area contributed by atoms with Gasteiger partial charge < -0.3 is 4.42 Å². The number of hydrogen-bond acceptors (Lipinski definition) is 3. The molecule has 1 aromatic heterocycles. The molecule has 0 bridgehead atoms. The predicted octanol–water partition coefficient (Wildman–Crippen LogP) is 2.90. The summed E-state index contributed by atoms with van der Waals surface area (Å²) in [6, 6.07) is 8.00. The second-order valence-corrected chi connectivity index (χ2v) is 4.11. The third-order valence-corrected chi connectivity index (χ3v) is 2.51. The molecule has 0 saturated heterocycles. The molecule has 0 aliphatic heterocycles. The fourth-order valence-electron chi connectivity index (χ4n) is 1.13. The Labute approximate surface area is 95.7 Å². The quantitative estimate of drug-likeness (QED) is 0.801. The largest absolute Gasteiger partial charge is 0.421 e. The van der Waals surface area contributed by atoms with Crippen molar-refractivity contribution in [2.75, 3.05) is 0 Å². The molecule has 0 aliphatic rings. The van der Waals surface area contributed by atoms with E-state index >= 15 is 0 Å². The minimum Gasteiger partial charge on any atom is -0.421 e. The van der Waals surface area contributed by atoms with Gasteiger partial charge in [-0.2, -0.15) is 0 Å². The molecule has 0 spiro atoms. The Balaban J connectivity index is 2.39. The lowest BCUT2D eigenvalue weighted by Crippen LogP contribution is -1.78. The maximum atomic E-state index is 5.45. The van der Waals surface area contributed by atoms with E-state index in [-0.39, 0.29) is 0 Å². The van der Waals surface area contributed by atoms with Crippen molar-refractivity contribution in [2.45, 2.75) is 13.3 Å². The lowest BCUT2D eigenvalue weighted by molar-refractivity contribution is 0.513. The SMILES string of the molecule is CCc1nnc(-c2cccc(I)c2)o1. The molecule has 0 aliphatic carbocycles. The minimum absolute atomic E-state index is 0.598. The Morgan fingerprint density at radius 3 is 2.86 bits per heavy atom. The van der Waals surface area contributed by atoms with Gasteiger partial charge in [-0.25, -0.2) is 0 Å². The van der Waals surface area contributed by atoms with Crippen LogP contribution in [0.5, 0.6) is 0 Å². The Hall–Kier alpha value is -0.910. The summed E-state index contributed by atoms with van der Waals surface area (Å²) < 4.78 is 6.61. The Morgan fingerprint density at radius 2 is 2.21 bits per heavy atom. The maximum Gasteiger partial charge on any atom is 0.247 e. The van der Waals surface area contributed by atoms with Crippen LogP contribution in [0.25, 0.3) is 11.5 Å². The van der Waals surface area contributed by atoms with Crippen molar-refractivity contribution in [3.63, 3.8) is 0 Å². The summed E-state index contributed by atoms with van der Waals surface area (Å²) in [5.74, 6) is 1.28. The van der Waals surface area contributed by atoms with E-state index < -0.39 is 0 Å². The summed E-state index contributed by atoms with van der Waals surface area (Å²) >= 11 is 2.26. The first-order valence-electron chi connectivity index (χ1n) is 4.38. The van der Waals surface area contributed by atoms with Crippen molar-refractivity contribution in [3.8, 4) is 11.5 Å². The smallest absolute Gasteiger partial charge is 0.247 e. The van der Waals surface area contributed by atoms with Crippen molar-refractivity contribution in [3.05, 3.63) is 33.7 Å². The summed E-state index contributed by atoms with van der Waals surface area (Å²) in [6.07, 6.45) is 0.775. The number of rotatable bonds is 2. The molecule has 2 rings (SSSR count). The zero-order chi connectivity index (χ0) is 9.97. The highest BCUT2D eigenvalue weighted by Gasteiger charge is 2.06. The van der Waals surface area contributed by atoms with Gasteiger partial charge in [0.1, 0.15) is 0 Å². The monoisotopic (exact) mass is 300 g/mol. The maximum absolute atomic E-state index is 5.45. The highest BCUT2D eigenvalue weighted by Crippen LogP contribution is 2.19. The third-order valence-electron chi connectivity index (χ3n) is 1.84. The standard InChI is InChI=1S/C10H9IN2O/c1-2-9-12-13-10(14-9)7-4-3-5-8(11)6-7/h3-6H,2H2,1H3. The molecule has 14 heavy (non-hydrogen) atoms. The van der Waals surface area contributed by atoms with Gasteiger partial charge in [-0.3, -0.25) is 0 Å². The van der Waals surface area contributed by atoms with Crippen LogP contribution in [0.3, 0.4) is 0 Å². The van der Waals surface area contributed by atoms with Gasteiger partial charge in [0.25, 0.3) is 0 Å². The first kappa shape index (κ1) is 9.64. The average molecular weight is 300 g/mol. The van der Waals surface area contributed by atoms with Crippen LogP contribution in [0, 0.1) is 3.57 Å². The highest BCUT2D eigenvalue weighted by atomic mass is 127. The van der Waals surface area contributed by atoms with Crippen molar-refractivity contribution in [1.82, 2.24) is 10.2 Å². The van der Waals surface area contributed by atoms with Crippen LogP contribution in [0.2, 0.25) is 0 Å². The number of benzene rings is 1. The summed E-state index contributed by atoms with van der Waals surface area (Å²) in [5.41, 5.74) is 0.976. The summed E-state index contributed by atoms with van der Waals surface area (Å²) in [7, 11) is 0. The van der Waals surface area contributed by atoms with Crippen molar-refractivity contribution >= 4 is 22.6 Å². The number of halogens is 1. The lowest BCUT2D eigenvalue weighted by atomic mass is 10.2. The molecule has 4 heteroatoms. The van der Waals surface area contributed by atoms with Crippen molar-refractivity contribution < 1.29 is 4.42 Å². The Bertz CT molecular complexity index is 439. The fourth-order valence-corrected chi connectivity index (χ4v) is 1.68. The highest BCUT2D eigenvalue weighted by molar-refractivity contribution is 14.1. The van der Waals surface area contributed by atoms with Crippen LogP contribution in [-0.2, 0) is 6.42 Å². The van der Waals surface area contributed by atoms with E-state index in [1.54, 1.807) is 0 Å². The minimum atomic E-state index is 0.598. The second kappa shape index (κ2) is 4.08. The van der Waals surface area contributed by atoms with Gasteiger partial charge in [0.2, 0.25) is 11.8 Å². The number of nitrogens with zero attached hydrogens (tertiary/aromatic N) is 2. The van der Waals surface area contributed by atoms with E-state index in [0.29, 0.717) is 11.8 Å². The Kier molecular flexibility index (Phi) is 2.81. The summed E-state index contributed by atoms with van der Waals surface area (Å²) in [5, 5.41) is 7.90. The van der Waals surface area contributed by atoms with E-state index in [2.05, 4.69) is 32.8 Å². The molecule has 0 amide bonds. The van der Waals surface area contributed by atoms with Gasteiger partial charge in [-0.05, 0) is 40.8 Å². The third kappa shape index (κ3) is 1.95. The number of aromatic nitrogens is 2. The molecule has 0 unspecified atom stereocenters. The lowest BCUT2D eigenvalue weighted by Gasteiger charge is -1.94. The molecule has 1 heterocycles. The predicted molar refractivity (Wildman–Crippen MR) is 61.8 cm³/mol. The van der Waals surface area contributed by atoms with Gasteiger partial charge in [-0.1, -0.05) is 13.0 Å². The van der Waals surface area contributed by atoms with Crippen LogP contribution < -0.4 is 0 Å². The zero-order valence-corrected chi connectivity index (χ0v) is 9.85. The molecule has 0 saturated carbocycles. The van der Waals surface area contributed by atoms with Gasteiger partial charge in [0.05, 0.1) is 0 Å². The molecular weight excluding hydrogens is 291 g/mol. The number of aryl methyl sites for hydroxylation is 1. The average Bonchev–Trinajstić information content (AvgIpc) is 2.66. The van der Waals surface area contributed by atoms with E-state index in [9.17, 15) is 0 Å². The molecule has 0 atom stereocenters. The Morgan fingerprint density at radius 1 is 1.36 bits per heavy atom. The zero-order valence-electron chi connectivity index (χ0n) is 7.70. The molecule has 3 nitrogen and oxygen atoms in total. The van der Waals surface area contributed by atoms with E-state index in [4.69, 9.17) is 4.42 Å². The molecule has 1 aromatic carbocycles. The van der Waals surface area contributed by atoms with Crippen LogP contribution >= 0.6 is 22.6 Å². The molecule has 2 aromatic rings.